The topological polar surface area (TPSA) is 50.7 Å². The van der Waals surface area contributed by atoms with Gasteiger partial charge in [-0.15, -0.1) is 0 Å². The zero-order chi connectivity index (χ0) is 15.9. The van der Waals surface area contributed by atoms with Crippen LogP contribution in [0.1, 0.15) is 22.8 Å². The lowest BCUT2D eigenvalue weighted by Gasteiger charge is -2.04. The molecule has 1 N–H and O–H groups in total. The number of hydrogen-bond donors (Lipinski definition) is 1. The van der Waals surface area contributed by atoms with Crippen molar-refractivity contribution in [2.45, 2.75) is 6.92 Å². The highest BCUT2D eigenvalue weighted by molar-refractivity contribution is 6.43. The predicted octanol–water partition coefficient (Wildman–Crippen LogP) is 4.16. The van der Waals surface area contributed by atoms with Crippen molar-refractivity contribution in [1.29, 1.82) is 0 Å². The molecule has 2 aromatic carbocycles. The molecule has 114 valence electrons. The van der Waals surface area contributed by atoms with Gasteiger partial charge in [0.1, 0.15) is 5.75 Å². The highest BCUT2D eigenvalue weighted by atomic mass is 35.5. The van der Waals surface area contributed by atoms with Crippen LogP contribution in [-0.4, -0.2) is 18.7 Å². The Bertz CT molecular complexity index is 685. The molecule has 1 amide bonds. The minimum atomic E-state index is -0.322. The molecule has 0 spiro atoms. The number of nitrogens with one attached hydrogen (secondary N) is 1. The molecule has 22 heavy (non-hydrogen) atoms. The molecule has 4 nitrogen and oxygen atoms in total. The van der Waals surface area contributed by atoms with Crippen molar-refractivity contribution in [3.05, 3.63) is 63.6 Å². The van der Waals surface area contributed by atoms with Gasteiger partial charge < -0.3 is 4.74 Å². The first-order valence-corrected chi connectivity index (χ1v) is 7.37. The van der Waals surface area contributed by atoms with Gasteiger partial charge in [-0.1, -0.05) is 35.3 Å². The fourth-order valence-electron chi connectivity index (χ4n) is 1.71. The number of rotatable bonds is 5. The fraction of sp³-hybridized carbons (Fsp3) is 0.125. The molecular formula is C16H14Cl2N2O2. The van der Waals surface area contributed by atoms with E-state index in [1.165, 1.54) is 6.21 Å². The van der Waals surface area contributed by atoms with Gasteiger partial charge in [0, 0.05) is 11.1 Å². The standard InChI is InChI=1S/C16H14Cl2N2O2/c1-2-22-13-8-6-11(7-9-13)16(21)20-19-10-12-4-3-5-14(17)15(12)18/h3-10H,2H2,1H3,(H,20,21). The molecule has 0 atom stereocenters. The third-order valence-corrected chi connectivity index (χ3v) is 3.61. The van der Waals surface area contributed by atoms with E-state index < -0.39 is 0 Å². The van der Waals surface area contributed by atoms with Gasteiger partial charge in [0.2, 0.25) is 0 Å². The Labute approximate surface area is 138 Å². The molecular weight excluding hydrogens is 323 g/mol. The lowest BCUT2D eigenvalue weighted by molar-refractivity contribution is 0.0955. The van der Waals surface area contributed by atoms with Crippen molar-refractivity contribution in [2.75, 3.05) is 6.61 Å². The van der Waals surface area contributed by atoms with Gasteiger partial charge >= 0.3 is 0 Å². The lowest BCUT2D eigenvalue weighted by Crippen LogP contribution is -2.17. The van der Waals surface area contributed by atoms with Crippen LogP contribution >= 0.6 is 23.2 Å². The molecule has 0 unspecified atom stereocenters. The number of carbonyl (C=O) groups excluding carboxylic acids is 1. The third kappa shape index (κ3) is 4.23. The second kappa shape index (κ2) is 7.82. The smallest absolute Gasteiger partial charge is 0.271 e. The molecule has 0 saturated carbocycles. The summed E-state index contributed by atoms with van der Waals surface area (Å²) in [7, 11) is 0. The Morgan fingerprint density at radius 1 is 1.23 bits per heavy atom. The SMILES string of the molecule is CCOc1ccc(C(=O)NN=Cc2cccc(Cl)c2Cl)cc1. The second-order valence-electron chi connectivity index (χ2n) is 4.30. The summed E-state index contributed by atoms with van der Waals surface area (Å²) >= 11 is 11.9. The van der Waals surface area contributed by atoms with Crippen LogP contribution in [0.5, 0.6) is 5.75 Å². The number of hydrazone groups is 1. The monoisotopic (exact) mass is 336 g/mol. The van der Waals surface area contributed by atoms with E-state index in [9.17, 15) is 4.79 Å². The van der Waals surface area contributed by atoms with Crippen LogP contribution in [0, 0.1) is 0 Å². The van der Waals surface area contributed by atoms with Crippen LogP contribution in [0.25, 0.3) is 0 Å². The summed E-state index contributed by atoms with van der Waals surface area (Å²) in [6, 6.07) is 12.0. The van der Waals surface area contributed by atoms with Crippen LogP contribution < -0.4 is 10.2 Å². The van der Waals surface area contributed by atoms with Crippen LogP contribution in [0.15, 0.2) is 47.6 Å². The Kier molecular flexibility index (Phi) is 5.81. The van der Waals surface area contributed by atoms with E-state index in [0.29, 0.717) is 33.5 Å². The molecule has 0 fully saturated rings. The molecule has 2 aromatic rings. The first kappa shape index (κ1) is 16.3. The molecule has 0 saturated heterocycles. The highest BCUT2D eigenvalue weighted by Crippen LogP contribution is 2.24. The number of carbonyl (C=O) groups is 1. The van der Waals surface area contributed by atoms with E-state index >= 15 is 0 Å². The maximum absolute atomic E-state index is 11.9. The zero-order valence-corrected chi connectivity index (χ0v) is 13.4. The summed E-state index contributed by atoms with van der Waals surface area (Å²) in [6.07, 6.45) is 1.45. The first-order chi connectivity index (χ1) is 10.6. The summed E-state index contributed by atoms with van der Waals surface area (Å²) in [6.45, 7) is 2.48. The molecule has 0 aliphatic carbocycles. The van der Waals surface area contributed by atoms with E-state index in [1.807, 2.05) is 6.92 Å². The number of ether oxygens (including phenoxy) is 1. The summed E-state index contributed by atoms with van der Waals surface area (Å²) in [5.74, 6) is 0.394. The van der Waals surface area contributed by atoms with Crippen molar-refractivity contribution >= 4 is 35.3 Å². The van der Waals surface area contributed by atoms with Crippen molar-refractivity contribution in [1.82, 2.24) is 5.43 Å². The Morgan fingerprint density at radius 3 is 2.64 bits per heavy atom. The van der Waals surface area contributed by atoms with Gasteiger partial charge in [0.25, 0.3) is 5.91 Å². The molecule has 0 heterocycles. The Morgan fingerprint density at radius 2 is 1.95 bits per heavy atom. The van der Waals surface area contributed by atoms with Crippen molar-refractivity contribution in [2.24, 2.45) is 5.10 Å². The molecule has 0 radical (unpaired) electrons. The summed E-state index contributed by atoms with van der Waals surface area (Å²) in [5, 5.41) is 4.71. The molecule has 6 heteroatoms. The van der Waals surface area contributed by atoms with Crippen LogP contribution in [-0.2, 0) is 0 Å². The van der Waals surface area contributed by atoms with Crippen molar-refractivity contribution in [3.63, 3.8) is 0 Å². The van der Waals surface area contributed by atoms with Gasteiger partial charge in [-0.3, -0.25) is 4.79 Å². The number of nitrogens with zero attached hydrogens (tertiary/aromatic N) is 1. The summed E-state index contributed by atoms with van der Waals surface area (Å²) in [5.41, 5.74) is 3.54. The normalized spacial score (nSPS) is 10.7. The van der Waals surface area contributed by atoms with E-state index in [1.54, 1.807) is 42.5 Å². The minimum Gasteiger partial charge on any atom is -0.494 e. The average Bonchev–Trinajstić information content (AvgIpc) is 2.52. The largest absolute Gasteiger partial charge is 0.494 e. The predicted molar refractivity (Wildman–Crippen MR) is 89.1 cm³/mol. The number of halogens is 2. The van der Waals surface area contributed by atoms with Gasteiger partial charge in [-0.05, 0) is 37.3 Å². The van der Waals surface area contributed by atoms with Crippen LogP contribution in [0.2, 0.25) is 10.0 Å². The maximum Gasteiger partial charge on any atom is 0.271 e. The van der Waals surface area contributed by atoms with Crippen LogP contribution in [0.4, 0.5) is 0 Å². The third-order valence-electron chi connectivity index (χ3n) is 2.78. The quantitative estimate of drug-likeness (QED) is 0.658. The first-order valence-electron chi connectivity index (χ1n) is 6.62. The van der Waals surface area contributed by atoms with E-state index in [-0.39, 0.29) is 5.91 Å². The number of amides is 1. The van der Waals surface area contributed by atoms with Gasteiger partial charge in [-0.2, -0.15) is 5.10 Å². The minimum absolute atomic E-state index is 0.322. The fourth-order valence-corrected chi connectivity index (χ4v) is 2.07. The number of hydrogen-bond acceptors (Lipinski definition) is 3. The highest BCUT2D eigenvalue weighted by Gasteiger charge is 2.05. The van der Waals surface area contributed by atoms with E-state index in [0.717, 1.165) is 0 Å². The molecule has 0 bridgehead atoms. The molecule has 0 aliphatic heterocycles. The Balaban J connectivity index is 2.00. The Hall–Kier alpha value is -2.04. The summed E-state index contributed by atoms with van der Waals surface area (Å²) in [4.78, 5) is 11.9. The van der Waals surface area contributed by atoms with Gasteiger partial charge in [0.15, 0.2) is 0 Å². The number of benzene rings is 2. The van der Waals surface area contributed by atoms with Crippen LogP contribution in [0.3, 0.4) is 0 Å². The second-order valence-corrected chi connectivity index (χ2v) is 5.08. The maximum atomic E-state index is 11.9. The zero-order valence-electron chi connectivity index (χ0n) is 11.8. The van der Waals surface area contributed by atoms with Crippen molar-refractivity contribution < 1.29 is 9.53 Å². The van der Waals surface area contributed by atoms with Crippen molar-refractivity contribution in [3.8, 4) is 5.75 Å². The summed E-state index contributed by atoms with van der Waals surface area (Å²) < 4.78 is 5.32. The van der Waals surface area contributed by atoms with Gasteiger partial charge in [-0.25, -0.2) is 5.43 Å². The average molecular weight is 337 g/mol. The van der Waals surface area contributed by atoms with Gasteiger partial charge in [0.05, 0.1) is 22.9 Å². The molecule has 0 aliphatic rings. The molecule has 2 rings (SSSR count). The van der Waals surface area contributed by atoms with E-state index in [2.05, 4.69) is 10.5 Å². The van der Waals surface area contributed by atoms with E-state index in [4.69, 9.17) is 27.9 Å². The lowest BCUT2D eigenvalue weighted by atomic mass is 10.2. The molecule has 0 aromatic heterocycles.